The van der Waals surface area contributed by atoms with Crippen LogP contribution < -0.4 is 5.79 Å². The van der Waals surface area contributed by atoms with Crippen LogP contribution in [0.15, 0.2) is 12.1 Å². The summed E-state index contributed by atoms with van der Waals surface area (Å²) in [4.78, 5) is 15.3. The molecule has 0 aliphatic rings. The molecule has 0 aliphatic heterocycles. The second-order valence-corrected chi connectivity index (χ2v) is 43.0. The minimum atomic E-state index is -2.01. The molecule has 0 atom stereocenters. The molecular weight excluding hydrogens is 580 g/mol. The van der Waals surface area contributed by atoms with Crippen molar-refractivity contribution in [2.75, 3.05) is 0 Å². The number of fused-ring (bicyclic) bond motifs is 3. The standard InChI is InChI=1S/C16H19NS2.6CH3.2Sn/c1-2-3-4-5-6-7-10-17-13-8-11-18-15(13)16-14(17)9-12-19-16;;;;;;;;/h8-9H,2-7,10H2,1H3;6*1H3;;. The van der Waals surface area contributed by atoms with Gasteiger partial charge in [0.05, 0.1) is 0 Å². The summed E-state index contributed by atoms with van der Waals surface area (Å²) in [7, 11) is 0. The van der Waals surface area contributed by atoms with Crippen LogP contribution >= 0.6 is 22.7 Å². The van der Waals surface area contributed by atoms with E-state index < -0.39 is 36.8 Å². The molecule has 3 rings (SSSR count). The molecule has 0 bridgehead atoms. The average molecular weight is 617 g/mol. The summed E-state index contributed by atoms with van der Waals surface area (Å²) in [5.74, 6) is 0. The van der Waals surface area contributed by atoms with Gasteiger partial charge in [-0.15, -0.1) is 0 Å². The summed E-state index contributed by atoms with van der Waals surface area (Å²) in [6.45, 7) is 3.51. The molecule has 3 aromatic rings. The van der Waals surface area contributed by atoms with E-state index >= 15 is 0 Å². The third-order valence-corrected chi connectivity index (χ3v) is 26.7. The normalized spacial score (nSPS) is 13.3. The summed E-state index contributed by atoms with van der Waals surface area (Å²) in [6.07, 6.45) is 8.27. The molecule has 1 nitrogen and oxygen atoms in total. The third kappa shape index (κ3) is 5.11. The van der Waals surface area contributed by atoms with Crippen LogP contribution in [-0.4, -0.2) is 41.3 Å². The summed E-state index contributed by atoms with van der Waals surface area (Å²) in [6, 6.07) is 5.17. The second-order valence-electron chi connectivity index (χ2n) is 10.1. The van der Waals surface area contributed by atoms with E-state index in [0.29, 0.717) is 0 Å². The van der Waals surface area contributed by atoms with Crippen molar-refractivity contribution in [2.24, 2.45) is 0 Å². The Bertz CT molecular complexity index is 837. The Labute approximate surface area is 182 Å². The molecule has 0 aromatic carbocycles. The first kappa shape index (κ1) is 22.5. The summed E-state index contributed by atoms with van der Waals surface area (Å²) >= 11 is 0.243. The molecule has 0 radical (unpaired) electrons. The molecule has 0 aliphatic carbocycles. The number of unbranched alkanes of at least 4 members (excludes halogenated alkanes) is 5. The fourth-order valence-corrected chi connectivity index (χ4v) is 16.5. The van der Waals surface area contributed by atoms with Gasteiger partial charge >= 0.3 is 184 Å². The first-order valence-corrected chi connectivity index (χ1v) is 32.3. The average Bonchev–Trinajstić information content (AvgIpc) is 3.21. The number of aromatic nitrogens is 1. The molecule has 0 spiro atoms. The van der Waals surface area contributed by atoms with Crippen molar-refractivity contribution in [1.82, 2.24) is 4.57 Å². The number of rotatable bonds is 9. The van der Waals surface area contributed by atoms with Gasteiger partial charge in [-0.05, 0) is 0 Å². The van der Waals surface area contributed by atoms with Gasteiger partial charge in [0.15, 0.2) is 0 Å². The van der Waals surface area contributed by atoms with Crippen molar-refractivity contribution >= 4 is 85.6 Å². The number of thiophene rings is 2. The Morgan fingerprint density at radius 3 is 1.59 bits per heavy atom. The molecule has 27 heavy (non-hydrogen) atoms. The van der Waals surface area contributed by atoms with Crippen LogP contribution in [0.4, 0.5) is 0 Å². The molecule has 3 aromatic heterocycles. The zero-order chi connectivity index (χ0) is 19.8. The van der Waals surface area contributed by atoms with Gasteiger partial charge in [-0.3, -0.25) is 0 Å². The molecule has 0 amide bonds. The van der Waals surface area contributed by atoms with Crippen LogP contribution in [0.3, 0.4) is 0 Å². The molecule has 0 saturated carbocycles. The molecule has 0 saturated heterocycles. The van der Waals surface area contributed by atoms with Gasteiger partial charge in [-0.2, -0.15) is 0 Å². The van der Waals surface area contributed by atoms with Gasteiger partial charge in [0.25, 0.3) is 0 Å². The van der Waals surface area contributed by atoms with Crippen LogP contribution in [0.2, 0.25) is 29.6 Å². The fourth-order valence-electron chi connectivity index (χ4n) is 3.65. The van der Waals surface area contributed by atoms with Crippen molar-refractivity contribution in [3.63, 3.8) is 0 Å². The monoisotopic (exact) mass is 619 g/mol. The summed E-state index contributed by atoms with van der Waals surface area (Å²) in [5.41, 5.74) is 3.10. The fraction of sp³-hybridized carbons (Fsp3) is 0.636. The van der Waals surface area contributed by atoms with Crippen molar-refractivity contribution < 1.29 is 0 Å². The van der Waals surface area contributed by atoms with Gasteiger partial charge in [0.2, 0.25) is 0 Å². The Balaban J connectivity index is 1.96. The van der Waals surface area contributed by atoms with Crippen LogP contribution in [-0.2, 0) is 6.54 Å². The Morgan fingerprint density at radius 1 is 0.704 bits per heavy atom. The van der Waals surface area contributed by atoms with Gasteiger partial charge < -0.3 is 0 Å². The minimum absolute atomic E-state index is 1.21. The maximum atomic E-state index is 2.69. The van der Waals surface area contributed by atoms with Gasteiger partial charge in [0.1, 0.15) is 0 Å². The topological polar surface area (TPSA) is 4.93 Å². The van der Waals surface area contributed by atoms with Crippen LogP contribution in [0.25, 0.3) is 20.4 Å². The summed E-state index contributed by atoms with van der Waals surface area (Å²) in [5, 5.41) is 0. The van der Waals surface area contributed by atoms with Crippen molar-refractivity contribution in [3.05, 3.63) is 12.1 Å². The molecule has 3 heterocycles. The molecule has 0 N–H and O–H groups in total. The first-order valence-electron chi connectivity index (χ1n) is 10.7. The summed E-state index contributed by atoms with van der Waals surface area (Å²) < 4.78 is 9.37. The van der Waals surface area contributed by atoms with Crippen molar-refractivity contribution in [3.8, 4) is 0 Å². The molecule has 0 unspecified atom stereocenters. The van der Waals surface area contributed by atoms with Gasteiger partial charge in [0, 0.05) is 0 Å². The molecule has 0 fully saturated rings. The van der Waals surface area contributed by atoms with Crippen LogP contribution in [0, 0.1) is 0 Å². The van der Waals surface area contributed by atoms with E-state index in [1.807, 2.05) is 0 Å². The molecular formula is C22H37NS2Sn2. The third-order valence-electron chi connectivity index (χ3n) is 5.43. The van der Waals surface area contributed by atoms with E-state index in [2.05, 4.69) is 75.9 Å². The van der Waals surface area contributed by atoms with E-state index in [0.717, 1.165) is 0 Å². The SMILES string of the molecule is CCCCCCCCn1c2c[c]([Sn]([CH3])([CH3])[CH3])sc2c2s[c]([Sn]([CH3])([CH3])[CH3])cc21. The van der Waals surface area contributed by atoms with Crippen LogP contribution in [0.5, 0.6) is 0 Å². The van der Waals surface area contributed by atoms with E-state index in [1.54, 1.807) is 26.2 Å². The molecule has 5 heteroatoms. The predicted octanol–water partition coefficient (Wildman–Crippen LogP) is 7.37. The predicted molar refractivity (Wildman–Crippen MR) is 135 cm³/mol. The molecule has 150 valence electrons. The van der Waals surface area contributed by atoms with Gasteiger partial charge in [-0.25, -0.2) is 0 Å². The zero-order valence-electron chi connectivity index (χ0n) is 18.4. The number of hydrogen-bond donors (Lipinski definition) is 0. The maximum absolute atomic E-state index is 2.69. The Hall–Kier alpha value is 0.797. The second kappa shape index (κ2) is 8.89. The number of hydrogen-bond acceptors (Lipinski definition) is 2. The van der Waals surface area contributed by atoms with E-state index in [1.165, 1.54) is 45.1 Å². The van der Waals surface area contributed by atoms with Gasteiger partial charge in [-0.1, -0.05) is 0 Å². The first-order chi connectivity index (χ1) is 12.6. The Kier molecular flexibility index (Phi) is 7.40. The van der Waals surface area contributed by atoms with Crippen LogP contribution in [0.1, 0.15) is 45.4 Å². The van der Waals surface area contributed by atoms with Crippen molar-refractivity contribution in [2.45, 2.75) is 81.6 Å². The van der Waals surface area contributed by atoms with Crippen molar-refractivity contribution in [1.29, 1.82) is 0 Å². The van der Waals surface area contributed by atoms with E-state index in [9.17, 15) is 0 Å². The quantitative estimate of drug-likeness (QED) is 0.175. The number of nitrogens with zero attached hydrogens (tertiary/aromatic N) is 1. The Morgan fingerprint density at radius 2 is 1.15 bits per heavy atom. The van der Waals surface area contributed by atoms with E-state index in [4.69, 9.17) is 0 Å². The zero-order valence-corrected chi connectivity index (χ0v) is 25.7. The number of aryl methyl sites for hydroxylation is 1. The van der Waals surface area contributed by atoms with E-state index in [-0.39, 0.29) is 0 Å².